The Balaban J connectivity index is 2.25. The normalized spacial score (nSPS) is 18.9. The summed E-state index contributed by atoms with van der Waals surface area (Å²) in [6, 6.07) is 4.04. The fourth-order valence-corrected chi connectivity index (χ4v) is 2.67. The second-order valence-electron chi connectivity index (χ2n) is 5.06. The van der Waals surface area contributed by atoms with Crippen molar-refractivity contribution in [3.05, 3.63) is 23.8 Å². The first-order chi connectivity index (χ1) is 10.5. The zero-order valence-corrected chi connectivity index (χ0v) is 12.5. The van der Waals surface area contributed by atoms with E-state index in [1.54, 1.807) is 18.2 Å². The number of carboxylic acids is 1. The predicted octanol–water partition coefficient (Wildman–Crippen LogP) is 0.754. The van der Waals surface area contributed by atoms with Gasteiger partial charge in [0.15, 0.2) is 17.6 Å². The first kappa shape index (κ1) is 16.1. The zero-order valence-electron chi connectivity index (χ0n) is 12.5. The number of methoxy groups -OCH3 is 2. The van der Waals surface area contributed by atoms with Crippen molar-refractivity contribution in [1.29, 1.82) is 0 Å². The molecule has 1 fully saturated rings. The molecule has 1 aliphatic heterocycles. The lowest BCUT2D eigenvalue weighted by Gasteiger charge is -2.26. The maximum atomic E-state index is 12.6. The van der Waals surface area contributed by atoms with E-state index in [0.29, 0.717) is 36.4 Å². The van der Waals surface area contributed by atoms with Crippen molar-refractivity contribution < 1.29 is 29.3 Å². The van der Waals surface area contributed by atoms with Crippen molar-refractivity contribution in [2.24, 2.45) is 0 Å². The van der Waals surface area contributed by atoms with E-state index in [4.69, 9.17) is 14.6 Å². The van der Waals surface area contributed by atoms with Crippen LogP contribution in [0.3, 0.4) is 0 Å². The van der Waals surface area contributed by atoms with Crippen LogP contribution in [0.4, 0.5) is 0 Å². The number of carbonyl (C=O) groups is 2. The number of aliphatic hydroxyl groups is 1. The molecule has 0 aliphatic carbocycles. The lowest BCUT2D eigenvalue weighted by molar-refractivity contribution is -0.149. The van der Waals surface area contributed by atoms with Gasteiger partial charge in [-0.2, -0.15) is 0 Å². The van der Waals surface area contributed by atoms with Crippen molar-refractivity contribution in [1.82, 2.24) is 4.90 Å². The van der Waals surface area contributed by atoms with Gasteiger partial charge in [0.1, 0.15) is 0 Å². The minimum absolute atomic E-state index is 0.330. The molecule has 0 bridgehead atoms. The molecule has 0 radical (unpaired) electrons. The molecule has 7 heteroatoms. The van der Waals surface area contributed by atoms with E-state index in [-0.39, 0.29) is 5.91 Å². The van der Waals surface area contributed by atoms with Crippen molar-refractivity contribution in [3.8, 4) is 11.5 Å². The second kappa shape index (κ2) is 6.65. The van der Waals surface area contributed by atoms with Gasteiger partial charge in [0.05, 0.1) is 20.3 Å². The van der Waals surface area contributed by atoms with E-state index in [9.17, 15) is 14.7 Å². The summed E-state index contributed by atoms with van der Waals surface area (Å²) < 4.78 is 10.3. The smallest absolute Gasteiger partial charge is 0.334 e. The molecule has 7 nitrogen and oxygen atoms in total. The molecule has 1 aromatic rings. The molecular weight excluding hydrogens is 290 g/mol. The number of carbonyl (C=O) groups excluding carboxylic acids is 1. The Morgan fingerprint density at radius 3 is 2.55 bits per heavy atom. The van der Waals surface area contributed by atoms with Crippen LogP contribution in [-0.2, 0) is 4.79 Å². The fourth-order valence-electron chi connectivity index (χ4n) is 2.67. The number of rotatable bonds is 5. The molecule has 120 valence electrons. The number of hydrogen-bond acceptors (Lipinski definition) is 5. The molecule has 1 aromatic carbocycles. The van der Waals surface area contributed by atoms with Crippen LogP contribution >= 0.6 is 0 Å². The highest BCUT2D eigenvalue weighted by molar-refractivity contribution is 5.95. The maximum absolute atomic E-state index is 12.6. The summed E-state index contributed by atoms with van der Waals surface area (Å²) in [5.41, 5.74) is 0.363. The summed E-state index contributed by atoms with van der Waals surface area (Å²) in [5.74, 6) is -0.730. The first-order valence-electron chi connectivity index (χ1n) is 6.93. The van der Waals surface area contributed by atoms with Crippen LogP contribution in [0.15, 0.2) is 18.2 Å². The van der Waals surface area contributed by atoms with Crippen LogP contribution in [-0.4, -0.2) is 59.9 Å². The highest BCUT2D eigenvalue weighted by Gasteiger charge is 2.37. The maximum Gasteiger partial charge on any atom is 0.334 e. The van der Waals surface area contributed by atoms with E-state index in [0.717, 1.165) is 0 Å². The largest absolute Gasteiger partial charge is 0.493 e. The summed E-state index contributed by atoms with van der Waals surface area (Å²) in [7, 11) is 2.97. The van der Waals surface area contributed by atoms with Gasteiger partial charge in [-0.1, -0.05) is 0 Å². The molecule has 2 atom stereocenters. The highest BCUT2D eigenvalue weighted by atomic mass is 16.5. The molecule has 1 amide bonds. The molecule has 2 N–H and O–H groups in total. The third-order valence-electron chi connectivity index (χ3n) is 3.81. The number of benzene rings is 1. The van der Waals surface area contributed by atoms with E-state index in [2.05, 4.69) is 0 Å². The predicted molar refractivity (Wildman–Crippen MR) is 77.2 cm³/mol. The second-order valence-corrected chi connectivity index (χ2v) is 5.06. The Bertz CT molecular complexity index is 573. The molecular formula is C15H19NO6. The average Bonchev–Trinajstić information content (AvgIpc) is 3.01. The van der Waals surface area contributed by atoms with E-state index >= 15 is 0 Å². The summed E-state index contributed by atoms with van der Waals surface area (Å²) in [6.45, 7) is 0.419. The summed E-state index contributed by atoms with van der Waals surface area (Å²) in [6.07, 6.45) is -0.452. The van der Waals surface area contributed by atoms with Gasteiger partial charge in [0, 0.05) is 12.1 Å². The Morgan fingerprint density at radius 2 is 1.95 bits per heavy atom. The number of amides is 1. The molecule has 1 aliphatic rings. The molecule has 1 heterocycles. The summed E-state index contributed by atoms with van der Waals surface area (Å²) in [4.78, 5) is 24.9. The highest BCUT2D eigenvalue weighted by Crippen LogP contribution is 2.30. The van der Waals surface area contributed by atoms with Crippen LogP contribution in [0.1, 0.15) is 23.2 Å². The van der Waals surface area contributed by atoms with Gasteiger partial charge in [-0.3, -0.25) is 4.79 Å². The first-order valence-corrected chi connectivity index (χ1v) is 6.93. The van der Waals surface area contributed by atoms with E-state index < -0.39 is 18.1 Å². The number of aliphatic carboxylic acids is 1. The van der Waals surface area contributed by atoms with Crippen LogP contribution < -0.4 is 9.47 Å². The van der Waals surface area contributed by atoms with Crippen molar-refractivity contribution >= 4 is 11.9 Å². The summed E-state index contributed by atoms with van der Waals surface area (Å²) in [5, 5.41) is 18.7. The molecule has 0 spiro atoms. The number of likely N-dealkylation sites (tertiary alicyclic amines) is 1. The Labute approximate surface area is 128 Å². The van der Waals surface area contributed by atoms with Crippen LogP contribution in [0, 0.1) is 0 Å². The summed E-state index contributed by atoms with van der Waals surface area (Å²) >= 11 is 0. The van der Waals surface area contributed by atoms with Gasteiger partial charge in [-0.15, -0.1) is 0 Å². The van der Waals surface area contributed by atoms with Gasteiger partial charge >= 0.3 is 5.97 Å². The van der Waals surface area contributed by atoms with Gasteiger partial charge in [0.2, 0.25) is 0 Å². The van der Waals surface area contributed by atoms with Crippen LogP contribution in [0.5, 0.6) is 11.5 Å². The fraction of sp³-hybridized carbons (Fsp3) is 0.467. The van der Waals surface area contributed by atoms with Crippen molar-refractivity contribution in [3.63, 3.8) is 0 Å². The van der Waals surface area contributed by atoms with Crippen LogP contribution in [0.25, 0.3) is 0 Å². The lowest BCUT2D eigenvalue weighted by Crippen LogP contribution is -2.46. The molecule has 2 unspecified atom stereocenters. The molecule has 0 saturated carbocycles. The van der Waals surface area contributed by atoms with E-state index in [1.807, 2.05) is 0 Å². The zero-order chi connectivity index (χ0) is 16.3. The van der Waals surface area contributed by atoms with Gasteiger partial charge < -0.3 is 24.6 Å². The number of hydrogen-bond donors (Lipinski definition) is 2. The molecule has 0 aromatic heterocycles. The Kier molecular flexibility index (Phi) is 4.87. The van der Waals surface area contributed by atoms with E-state index in [1.165, 1.54) is 19.1 Å². The average molecular weight is 309 g/mol. The molecule has 1 saturated heterocycles. The molecule has 22 heavy (non-hydrogen) atoms. The SMILES string of the molecule is COc1ccc(C(=O)N2CCCC2C(O)C(=O)O)cc1OC. The minimum Gasteiger partial charge on any atom is -0.493 e. The third-order valence-corrected chi connectivity index (χ3v) is 3.81. The monoisotopic (exact) mass is 309 g/mol. The number of aliphatic hydroxyl groups excluding tert-OH is 1. The Hall–Kier alpha value is -2.28. The topological polar surface area (TPSA) is 96.3 Å². The number of carboxylic acid groups (broad SMARTS) is 1. The number of nitrogens with zero attached hydrogens (tertiary/aromatic N) is 1. The minimum atomic E-state index is -1.58. The Morgan fingerprint density at radius 1 is 1.27 bits per heavy atom. The van der Waals surface area contributed by atoms with Crippen LogP contribution in [0.2, 0.25) is 0 Å². The van der Waals surface area contributed by atoms with Crippen molar-refractivity contribution in [2.75, 3.05) is 20.8 Å². The van der Waals surface area contributed by atoms with Crippen molar-refractivity contribution in [2.45, 2.75) is 25.0 Å². The number of ether oxygens (including phenoxy) is 2. The lowest BCUT2D eigenvalue weighted by atomic mass is 10.1. The standard InChI is InChI=1S/C15H19NO6/c1-21-11-6-5-9(8-12(11)22-2)14(18)16-7-3-4-10(16)13(17)15(19)20/h5-6,8,10,13,17H,3-4,7H2,1-2H3,(H,19,20). The van der Waals surface area contributed by atoms with Gasteiger partial charge in [0.25, 0.3) is 5.91 Å². The van der Waals surface area contributed by atoms with Gasteiger partial charge in [-0.05, 0) is 31.0 Å². The quantitative estimate of drug-likeness (QED) is 0.833. The third kappa shape index (κ3) is 2.99. The van der Waals surface area contributed by atoms with Gasteiger partial charge in [-0.25, -0.2) is 4.79 Å². The molecule has 2 rings (SSSR count).